The standard InChI is InChI=1S/C24H33FO2/c1-16-5-7-17(8-6-16)18-9-14-22-19(15-18)3-2-4-23(22)24(26)27-21-12-10-20(25)11-13-21/h10-13,16-19,22-23H,2-9,14-15H2,1H3/t16?,17?,18?,19-,22+,23-/m0/s1. The fraction of sp³-hybridized carbons (Fsp3) is 0.708. The first-order chi connectivity index (χ1) is 13.1. The van der Waals surface area contributed by atoms with Crippen LogP contribution in [0.5, 0.6) is 5.75 Å². The second kappa shape index (κ2) is 8.32. The lowest BCUT2D eigenvalue weighted by molar-refractivity contribution is -0.144. The molecule has 0 N–H and O–H groups in total. The highest BCUT2D eigenvalue weighted by Gasteiger charge is 2.43. The first-order valence-electron chi connectivity index (χ1n) is 11.1. The molecule has 2 nitrogen and oxygen atoms in total. The number of hydrogen-bond donors (Lipinski definition) is 0. The molecule has 148 valence electrons. The number of hydrogen-bond acceptors (Lipinski definition) is 2. The van der Waals surface area contributed by atoms with E-state index >= 15 is 0 Å². The Bertz CT molecular complexity index is 632. The predicted molar refractivity (Wildman–Crippen MR) is 105 cm³/mol. The molecule has 0 amide bonds. The maximum atomic E-state index is 13.1. The summed E-state index contributed by atoms with van der Waals surface area (Å²) >= 11 is 0. The lowest BCUT2D eigenvalue weighted by Gasteiger charge is -2.45. The molecule has 0 radical (unpaired) electrons. The molecular weight excluding hydrogens is 339 g/mol. The second-order valence-electron chi connectivity index (χ2n) is 9.43. The zero-order chi connectivity index (χ0) is 18.8. The number of rotatable bonds is 3. The summed E-state index contributed by atoms with van der Waals surface area (Å²) in [5.74, 6) is 4.00. The molecule has 0 aromatic heterocycles. The zero-order valence-corrected chi connectivity index (χ0v) is 16.5. The fourth-order valence-corrected chi connectivity index (χ4v) is 6.17. The largest absolute Gasteiger partial charge is 0.426 e. The topological polar surface area (TPSA) is 26.3 Å². The van der Waals surface area contributed by atoms with E-state index in [0.717, 1.165) is 30.6 Å². The zero-order valence-electron chi connectivity index (χ0n) is 16.5. The van der Waals surface area contributed by atoms with Crippen molar-refractivity contribution in [3.8, 4) is 5.75 Å². The molecule has 3 aliphatic rings. The molecule has 0 spiro atoms. The molecule has 1 aromatic rings. The number of carbonyl (C=O) groups excluding carboxylic acids is 1. The molecule has 3 fully saturated rings. The smallest absolute Gasteiger partial charge is 0.314 e. The van der Waals surface area contributed by atoms with E-state index in [1.807, 2.05) is 0 Å². The van der Waals surface area contributed by atoms with Crippen LogP contribution in [0.2, 0.25) is 0 Å². The number of halogens is 1. The lowest BCUT2D eigenvalue weighted by Crippen LogP contribution is -2.40. The maximum absolute atomic E-state index is 13.1. The van der Waals surface area contributed by atoms with E-state index in [1.165, 1.54) is 63.5 Å². The Balaban J connectivity index is 1.36. The summed E-state index contributed by atoms with van der Waals surface area (Å²) in [6.07, 6.45) is 12.8. The highest BCUT2D eigenvalue weighted by molar-refractivity contribution is 5.75. The Labute approximate surface area is 162 Å². The molecule has 0 aliphatic heterocycles. The van der Waals surface area contributed by atoms with Crippen LogP contribution < -0.4 is 4.74 Å². The molecule has 3 heteroatoms. The minimum absolute atomic E-state index is 0.0288. The average Bonchev–Trinajstić information content (AvgIpc) is 2.69. The van der Waals surface area contributed by atoms with Gasteiger partial charge in [0.1, 0.15) is 11.6 Å². The van der Waals surface area contributed by atoms with Crippen LogP contribution in [-0.4, -0.2) is 5.97 Å². The van der Waals surface area contributed by atoms with Gasteiger partial charge in [-0.15, -0.1) is 0 Å². The summed E-state index contributed by atoms with van der Waals surface area (Å²) in [6.45, 7) is 2.39. The van der Waals surface area contributed by atoms with E-state index in [1.54, 1.807) is 12.1 Å². The van der Waals surface area contributed by atoms with E-state index in [2.05, 4.69) is 6.92 Å². The van der Waals surface area contributed by atoms with Gasteiger partial charge in [-0.1, -0.05) is 32.6 Å². The van der Waals surface area contributed by atoms with Crippen molar-refractivity contribution in [3.63, 3.8) is 0 Å². The maximum Gasteiger partial charge on any atom is 0.314 e. The van der Waals surface area contributed by atoms with Gasteiger partial charge in [0, 0.05) is 0 Å². The Morgan fingerprint density at radius 3 is 2.33 bits per heavy atom. The Morgan fingerprint density at radius 2 is 1.59 bits per heavy atom. The van der Waals surface area contributed by atoms with Crippen molar-refractivity contribution in [2.75, 3.05) is 0 Å². The van der Waals surface area contributed by atoms with Crippen molar-refractivity contribution in [1.29, 1.82) is 0 Å². The number of fused-ring (bicyclic) bond motifs is 1. The minimum Gasteiger partial charge on any atom is -0.426 e. The van der Waals surface area contributed by atoms with Gasteiger partial charge in [0.25, 0.3) is 0 Å². The number of carbonyl (C=O) groups is 1. The highest BCUT2D eigenvalue weighted by atomic mass is 19.1. The molecule has 3 saturated carbocycles. The van der Waals surface area contributed by atoms with Crippen molar-refractivity contribution in [3.05, 3.63) is 30.1 Å². The summed E-state index contributed by atoms with van der Waals surface area (Å²) < 4.78 is 18.7. The SMILES string of the molecule is CC1CCC(C2CC[C@@H]3[C@@H](CCC[C@@H]3C(=O)Oc3ccc(F)cc3)C2)CC1. The Kier molecular flexibility index (Phi) is 5.85. The van der Waals surface area contributed by atoms with Gasteiger partial charge in [-0.2, -0.15) is 0 Å². The van der Waals surface area contributed by atoms with Crippen LogP contribution in [0.25, 0.3) is 0 Å². The van der Waals surface area contributed by atoms with Crippen LogP contribution in [-0.2, 0) is 4.79 Å². The van der Waals surface area contributed by atoms with Crippen molar-refractivity contribution in [2.24, 2.45) is 35.5 Å². The molecule has 0 bridgehead atoms. The summed E-state index contributed by atoms with van der Waals surface area (Å²) in [5.41, 5.74) is 0. The van der Waals surface area contributed by atoms with Crippen molar-refractivity contribution < 1.29 is 13.9 Å². The van der Waals surface area contributed by atoms with Gasteiger partial charge >= 0.3 is 5.97 Å². The third-order valence-corrected chi connectivity index (χ3v) is 7.75. The lowest BCUT2D eigenvalue weighted by atomic mass is 9.59. The molecule has 27 heavy (non-hydrogen) atoms. The second-order valence-corrected chi connectivity index (χ2v) is 9.43. The third-order valence-electron chi connectivity index (χ3n) is 7.75. The predicted octanol–water partition coefficient (Wildman–Crippen LogP) is 6.39. The quantitative estimate of drug-likeness (QED) is 0.454. The van der Waals surface area contributed by atoms with Crippen LogP contribution in [0.4, 0.5) is 4.39 Å². The number of esters is 1. The normalized spacial score (nSPS) is 36.7. The van der Waals surface area contributed by atoms with Gasteiger partial charge in [0.15, 0.2) is 0 Å². The molecular formula is C24H33FO2. The van der Waals surface area contributed by atoms with Crippen LogP contribution in [0.15, 0.2) is 24.3 Å². The molecule has 0 heterocycles. The molecule has 4 rings (SSSR count). The van der Waals surface area contributed by atoms with Gasteiger partial charge in [0.05, 0.1) is 5.92 Å². The van der Waals surface area contributed by atoms with E-state index in [4.69, 9.17) is 4.74 Å². The summed E-state index contributed by atoms with van der Waals surface area (Å²) in [4.78, 5) is 12.8. The molecule has 1 unspecified atom stereocenters. The molecule has 4 atom stereocenters. The van der Waals surface area contributed by atoms with Crippen molar-refractivity contribution >= 4 is 5.97 Å². The van der Waals surface area contributed by atoms with Crippen LogP contribution in [0.3, 0.4) is 0 Å². The molecule has 1 aromatic carbocycles. The average molecular weight is 373 g/mol. The van der Waals surface area contributed by atoms with E-state index in [0.29, 0.717) is 17.6 Å². The minimum atomic E-state index is -0.303. The van der Waals surface area contributed by atoms with E-state index in [9.17, 15) is 9.18 Å². The van der Waals surface area contributed by atoms with Crippen molar-refractivity contribution in [2.45, 2.75) is 71.1 Å². The van der Waals surface area contributed by atoms with Gasteiger partial charge in [-0.3, -0.25) is 4.79 Å². The first kappa shape index (κ1) is 19.0. The third kappa shape index (κ3) is 4.38. The van der Waals surface area contributed by atoms with Crippen LogP contribution >= 0.6 is 0 Å². The van der Waals surface area contributed by atoms with E-state index in [-0.39, 0.29) is 17.7 Å². The Morgan fingerprint density at radius 1 is 0.889 bits per heavy atom. The van der Waals surface area contributed by atoms with Gasteiger partial charge in [0.2, 0.25) is 0 Å². The number of ether oxygens (including phenoxy) is 1. The highest BCUT2D eigenvalue weighted by Crippen LogP contribution is 2.50. The van der Waals surface area contributed by atoms with Gasteiger partial charge in [-0.05, 0) is 92.4 Å². The summed E-state index contributed by atoms with van der Waals surface area (Å²) in [7, 11) is 0. The monoisotopic (exact) mass is 372 g/mol. The fourth-order valence-electron chi connectivity index (χ4n) is 6.17. The van der Waals surface area contributed by atoms with Gasteiger partial charge < -0.3 is 4.74 Å². The van der Waals surface area contributed by atoms with E-state index < -0.39 is 0 Å². The first-order valence-corrected chi connectivity index (χ1v) is 11.1. The number of benzene rings is 1. The van der Waals surface area contributed by atoms with Crippen LogP contribution in [0.1, 0.15) is 71.1 Å². The Hall–Kier alpha value is -1.38. The molecule has 0 saturated heterocycles. The summed E-state index contributed by atoms with van der Waals surface area (Å²) in [5, 5.41) is 0. The van der Waals surface area contributed by atoms with Crippen LogP contribution in [0, 0.1) is 41.3 Å². The molecule has 3 aliphatic carbocycles. The van der Waals surface area contributed by atoms with Gasteiger partial charge in [-0.25, -0.2) is 4.39 Å². The summed E-state index contributed by atoms with van der Waals surface area (Å²) in [6, 6.07) is 5.80. The van der Waals surface area contributed by atoms with Crippen molar-refractivity contribution in [1.82, 2.24) is 0 Å².